The molecule has 170 valence electrons. The predicted octanol–water partition coefficient (Wildman–Crippen LogP) is 0.683. The molecule has 0 bridgehead atoms. The molecule has 3 aliphatic carbocycles. The number of carbonyl (C=O) groups is 3. The van der Waals surface area contributed by atoms with E-state index in [0.29, 0.717) is 18.4 Å². The molecule has 3 aliphatic rings. The number of nitrogens with two attached hydrogens (primary N) is 1. The molecule has 0 aliphatic heterocycles. The topological polar surface area (TPSA) is 161 Å². The van der Waals surface area contributed by atoms with E-state index in [-0.39, 0.29) is 23.3 Å². The molecular formula is C23H26N2O7. The van der Waals surface area contributed by atoms with Gasteiger partial charge in [-0.05, 0) is 56.5 Å². The van der Waals surface area contributed by atoms with Gasteiger partial charge in [0.1, 0.15) is 22.8 Å². The first-order chi connectivity index (χ1) is 15.0. The molecule has 0 heterocycles. The first-order valence-electron chi connectivity index (χ1n) is 10.4. The molecule has 1 aromatic carbocycles. The summed E-state index contributed by atoms with van der Waals surface area (Å²) in [5.74, 6) is -6.37. The van der Waals surface area contributed by atoms with Gasteiger partial charge in [-0.3, -0.25) is 19.3 Å². The highest BCUT2D eigenvalue weighted by Crippen LogP contribution is 2.52. The zero-order valence-electron chi connectivity index (χ0n) is 18.0. The summed E-state index contributed by atoms with van der Waals surface area (Å²) in [6.45, 7) is 1.93. The number of fused-ring (bicyclic) bond motifs is 3. The van der Waals surface area contributed by atoms with Gasteiger partial charge in [-0.15, -0.1) is 0 Å². The Bertz CT molecular complexity index is 1130. The van der Waals surface area contributed by atoms with Crippen molar-refractivity contribution in [2.24, 2.45) is 17.6 Å². The van der Waals surface area contributed by atoms with Gasteiger partial charge in [0.05, 0.1) is 11.6 Å². The third-order valence-corrected chi connectivity index (χ3v) is 7.08. The number of allylic oxidation sites excluding steroid dienone is 1. The van der Waals surface area contributed by atoms with E-state index in [2.05, 4.69) is 0 Å². The van der Waals surface area contributed by atoms with Gasteiger partial charge in [-0.2, -0.15) is 0 Å². The van der Waals surface area contributed by atoms with Crippen LogP contribution in [-0.4, -0.2) is 68.5 Å². The highest BCUT2D eigenvalue weighted by Gasteiger charge is 2.63. The zero-order chi connectivity index (χ0) is 23.7. The molecular weight excluding hydrogens is 416 g/mol. The number of aromatic hydroxyl groups is 1. The highest BCUT2D eigenvalue weighted by atomic mass is 16.3. The lowest BCUT2D eigenvalue weighted by Gasteiger charge is -2.50. The molecule has 32 heavy (non-hydrogen) atoms. The second kappa shape index (κ2) is 7.18. The summed E-state index contributed by atoms with van der Waals surface area (Å²) < 4.78 is 0. The fourth-order valence-corrected chi connectivity index (χ4v) is 5.65. The smallest absolute Gasteiger partial charge is 0.255 e. The maximum atomic E-state index is 13.4. The molecule has 0 saturated heterocycles. The lowest BCUT2D eigenvalue weighted by atomic mass is 9.58. The number of phenolic OH excluding ortho intramolecular Hbond substituents is 1. The maximum absolute atomic E-state index is 13.4. The standard InChI is InChI=1S/C23H26N2O7/c1-4-9-5-6-13(26)15-11(9)7-10-8-12-17(25(2)3)19(28)16(22(24)31)21(30)23(12,32)20(29)14(10)18(15)27/h5-6,10,12,17,26,28-29,32H,4,7-8H2,1-3H3,(H2,24,31)/t10-,12-,17-,23+/m1/s1. The molecule has 1 amide bonds. The Labute approximate surface area is 184 Å². The summed E-state index contributed by atoms with van der Waals surface area (Å²) in [5.41, 5.74) is 3.34. The second-order valence-corrected chi connectivity index (χ2v) is 8.91. The minimum absolute atomic E-state index is 0.0464. The fourth-order valence-electron chi connectivity index (χ4n) is 5.65. The van der Waals surface area contributed by atoms with Gasteiger partial charge in [0.15, 0.2) is 11.4 Å². The molecule has 0 fully saturated rings. The number of nitrogens with zero attached hydrogens (tertiary/aromatic N) is 1. The summed E-state index contributed by atoms with van der Waals surface area (Å²) >= 11 is 0. The SMILES string of the molecule is CCc1ccc(O)c2c1C[C@@H]1C[C@@H]3[C@@H](N(C)C)C(O)=C(C(N)=O)C(=O)[C@@]3(O)C(O)=C1C2=O. The minimum Gasteiger partial charge on any atom is -0.510 e. The van der Waals surface area contributed by atoms with Crippen LogP contribution in [0.1, 0.15) is 34.8 Å². The van der Waals surface area contributed by atoms with Gasteiger partial charge in [0.2, 0.25) is 5.78 Å². The van der Waals surface area contributed by atoms with Crippen LogP contribution in [-0.2, 0) is 22.4 Å². The number of likely N-dealkylation sites (N-methyl/N-ethyl adjacent to an activating group) is 1. The van der Waals surface area contributed by atoms with E-state index in [1.165, 1.54) is 11.0 Å². The number of carbonyl (C=O) groups excluding carboxylic acids is 3. The van der Waals surface area contributed by atoms with Crippen LogP contribution < -0.4 is 5.73 Å². The van der Waals surface area contributed by atoms with Gasteiger partial charge in [0.25, 0.3) is 5.91 Å². The summed E-state index contributed by atoms with van der Waals surface area (Å²) in [5, 5.41) is 43.8. The van der Waals surface area contributed by atoms with Crippen molar-refractivity contribution in [1.29, 1.82) is 0 Å². The first-order valence-corrected chi connectivity index (χ1v) is 10.4. The minimum atomic E-state index is -2.61. The molecule has 4 rings (SSSR count). The van der Waals surface area contributed by atoms with E-state index in [4.69, 9.17) is 5.73 Å². The Balaban J connectivity index is 1.98. The number of phenols is 1. The highest BCUT2D eigenvalue weighted by molar-refractivity contribution is 6.24. The lowest BCUT2D eigenvalue weighted by molar-refractivity contribution is -0.148. The van der Waals surface area contributed by atoms with Gasteiger partial charge in [-0.25, -0.2) is 0 Å². The van der Waals surface area contributed by atoms with Crippen molar-refractivity contribution in [3.05, 3.63) is 51.5 Å². The van der Waals surface area contributed by atoms with Gasteiger partial charge in [0, 0.05) is 11.5 Å². The van der Waals surface area contributed by atoms with Crippen molar-refractivity contribution in [3.8, 4) is 5.75 Å². The molecule has 1 aromatic rings. The summed E-state index contributed by atoms with van der Waals surface area (Å²) in [6.07, 6.45) is 1.03. The van der Waals surface area contributed by atoms with Gasteiger partial charge >= 0.3 is 0 Å². The largest absolute Gasteiger partial charge is 0.510 e. The number of hydrogen-bond donors (Lipinski definition) is 5. The van der Waals surface area contributed by atoms with E-state index in [1.54, 1.807) is 20.2 Å². The number of primary amides is 1. The number of aliphatic hydroxyl groups is 3. The zero-order valence-corrected chi connectivity index (χ0v) is 18.0. The van der Waals surface area contributed by atoms with Crippen molar-refractivity contribution in [2.75, 3.05) is 14.1 Å². The Hall–Kier alpha value is -3.17. The predicted molar refractivity (Wildman–Crippen MR) is 113 cm³/mol. The van der Waals surface area contributed by atoms with Crippen LogP contribution in [0.3, 0.4) is 0 Å². The van der Waals surface area contributed by atoms with Crippen molar-refractivity contribution in [2.45, 2.75) is 37.8 Å². The molecule has 9 nitrogen and oxygen atoms in total. The molecule has 0 saturated carbocycles. The average molecular weight is 442 g/mol. The van der Waals surface area contributed by atoms with Crippen molar-refractivity contribution in [3.63, 3.8) is 0 Å². The number of benzene rings is 1. The summed E-state index contributed by atoms with van der Waals surface area (Å²) in [4.78, 5) is 40.0. The molecule has 4 atom stereocenters. The first kappa shape index (κ1) is 22.0. The van der Waals surface area contributed by atoms with Gasteiger partial charge < -0.3 is 26.2 Å². The molecule has 6 N–H and O–H groups in total. The fraction of sp³-hybridized carbons (Fsp3) is 0.435. The Morgan fingerprint density at radius 1 is 1.22 bits per heavy atom. The molecule has 0 radical (unpaired) electrons. The molecule has 9 heteroatoms. The number of Topliss-reactive ketones (excluding diaryl/α,β-unsaturated/α-hetero) is 2. The Morgan fingerprint density at radius 2 is 1.88 bits per heavy atom. The number of aryl methyl sites for hydroxylation is 1. The maximum Gasteiger partial charge on any atom is 0.255 e. The number of aliphatic hydroxyl groups excluding tert-OH is 2. The van der Waals surface area contributed by atoms with Crippen LogP contribution in [0, 0.1) is 11.8 Å². The Kier molecular flexibility index (Phi) is 4.94. The lowest BCUT2D eigenvalue weighted by Crippen LogP contribution is -2.63. The van der Waals surface area contributed by atoms with Crippen LogP contribution in [0.2, 0.25) is 0 Å². The number of ketones is 2. The van der Waals surface area contributed by atoms with Crippen molar-refractivity contribution >= 4 is 17.5 Å². The number of rotatable bonds is 3. The van der Waals surface area contributed by atoms with Crippen LogP contribution in [0.25, 0.3) is 0 Å². The van der Waals surface area contributed by atoms with Crippen LogP contribution in [0.5, 0.6) is 5.75 Å². The number of amides is 1. The van der Waals surface area contributed by atoms with Crippen LogP contribution in [0.4, 0.5) is 0 Å². The monoisotopic (exact) mass is 442 g/mol. The molecule has 0 spiro atoms. The third kappa shape index (κ3) is 2.67. The van der Waals surface area contributed by atoms with Gasteiger partial charge in [-0.1, -0.05) is 13.0 Å². The normalized spacial score (nSPS) is 29.7. The van der Waals surface area contributed by atoms with E-state index < -0.39 is 58.0 Å². The molecule has 0 aromatic heterocycles. The third-order valence-electron chi connectivity index (χ3n) is 7.08. The Morgan fingerprint density at radius 3 is 2.44 bits per heavy atom. The second-order valence-electron chi connectivity index (χ2n) is 8.91. The van der Waals surface area contributed by atoms with Crippen LogP contribution in [0.15, 0.2) is 34.8 Å². The summed E-state index contributed by atoms with van der Waals surface area (Å²) in [7, 11) is 3.20. The quantitative estimate of drug-likeness (QED) is 0.427. The molecule has 0 unspecified atom stereocenters. The van der Waals surface area contributed by atoms with Crippen LogP contribution >= 0.6 is 0 Å². The summed E-state index contributed by atoms with van der Waals surface area (Å²) in [6, 6.07) is 2.17. The van der Waals surface area contributed by atoms with E-state index in [1.807, 2.05) is 6.92 Å². The van der Waals surface area contributed by atoms with E-state index >= 15 is 0 Å². The van der Waals surface area contributed by atoms with Crippen molar-refractivity contribution < 1.29 is 34.8 Å². The number of hydrogen-bond acceptors (Lipinski definition) is 8. The van der Waals surface area contributed by atoms with E-state index in [0.717, 1.165) is 5.56 Å². The van der Waals surface area contributed by atoms with E-state index in [9.17, 15) is 34.8 Å². The van der Waals surface area contributed by atoms with Crippen molar-refractivity contribution in [1.82, 2.24) is 4.90 Å². The average Bonchev–Trinajstić information content (AvgIpc) is 2.70.